The van der Waals surface area contributed by atoms with E-state index in [2.05, 4.69) is 14.8 Å². The maximum Gasteiger partial charge on any atom is 0.336 e. The van der Waals surface area contributed by atoms with E-state index in [1.807, 2.05) is 64.1 Å². The fraction of sp³-hybridized carbons (Fsp3) is 0.222. The van der Waals surface area contributed by atoms with Gasteiger partial charge in [0.2, 0.25) is 5.36 Å². The fourth-order valence-electron chi connectivity index (χ4n) is 5.99. The van der Waals surface area contributed by atoms with Crippen LogP contribution in [0.4, 0.5) is 15.3 Å². The first-order valence-corrected chi connectivity index (χ1v) is 17.0. The van der Waals surface area contributed by atoms with Crippen LogP contribution in [-0.2, 0) is 10.2 Å². The summed E-state index contributed by atoms with van der Waals surface area (Å²) in [5.41, 5.74) is 1.34. The van der Waals surface area contributed by atoms with E-state index in [4.69, 9.17) is 4.42 Å². The number of amides is 1. The van der Waals surface area contributed by atoms with Gasteiger partial charge in [-0.15, -0.1) is 3.89 Å². The predicted octanol–water partition coefficient (Wildman–Crippen LogP) is 4.84. The number of anilines is 2. The number of nitrogens with zero attached hydrogens (tertiary/aromatic N) is 2. The van der Waals surface area contributed by atoms with Crippen molar-refractivity contribution in [1.29, 1.82) is 0 Å². The first-order valence-electron chi connectivity index (χ1n) is 15.6. The van der Waals surface area contributed by atoms with Gasteiger partial charge in [0, 0.05) is 58.7 Å². The molecule has 0 saturated heterocycles. The molecule has 0 saturated carbocycles. The number of aromatic carboxylic acids is 2. The summed E-state index contributed by atoms with van der Waals surface area (Å²) in [6.45, 7) is 11.2. The van der Waals surface area contributed by atoms with E-state index in [0.29, 0.717) is 33.9 Å². The smallest absolute Gasteiger partial charge is 0.336 e. The quantitative estimate of drug-likeness (QED) is 0.113. The van der Waals surface area contributed by atoms with Crippen LogP contribution in [0.25, 0.3) is 33.4 Å². The molecule has 0 fully saturated rings. The van der Waals surface area contributed by atoms with E-state index < -0.39 is 44.1 Å². The molecule has 0 spiro atoms. The summed E-state index contributed by atoms with van der Waals surface area (Å²) >= 11 is 0. The van der Waals surface area contributed by atoms with Gasteiger partial charge in [0.15, 0.2) is 0 Å². The number of carboxylic acid groups (broad SMARTS) is 2. The first kappa shape index (κ1) is 34.8. The summed E-state index contributed by atoms with van der Waals surface area (Å²) in [6.07, 6.45) is 0. The van der Waals surface area contributed by atoms with Gasteiger partial charge in [-0.1, -0.05) is 6.07 Å². The number of carboxylic acids is 2. The van der Waals surface area contributed by atoms with Crippen molar-refractivity contribution in [3.63, 3.8) is 0 Å². The van der Waals surface area contributed by atoms with Crippen molar-refractivity contribution in [3.05, 3.63) is 94.8 Å². The van der Waals surface area contributed by atoms with Crippen molar-refractivity contribution in [1.82, 2.24) is 4.58 Å². The van der Waals surface area contributed by atoms with Gasteiger partial charge in [0.05, 0.1) is 28.1 Å². The summed E-state index contributed by atoms with van der Waals surface area (Å²) in [7, 11) is -5.26. The van der Waals surface area contributed by atoms with Crippen molar-refractivity contribution in [2.24, 2.45) is 0 Å². The number of nitrogens with one attached hydrogen (secondary N) is 1. The monoisotopic (exact) mass is 687 g/mol. The van der Waals surface area contributed by atoms with Gasteiger partial charge in [-0.05, 0) is 81.8 Å². The fourth-order valence-corrected chi connectivity index (χ4v) is 6.47. The maximum atomic E-state index is 13.7. The van der Waals surface area contributed by atoms with Crippen LogP contribution >= 0.6 is 0 Å². The second-order valence-electron chi connectivity index (χ2n) is 11.1. The third-order valence-electron chi connectivity index (χ3n) is 8.46. The van der Waals surface area contributed by atoms with Crippen LogP contribution in [0.15, 0.2) is 82.1 Å². The minimum absolute atomic E-state index is 0.0559. The number of fused-ring (bicyclic) bond motifs is 2. The minimum Gasteiger partial charge on any atom is -0.545 e. The van der Waals surface area contributed by atoms with Gasteiger partial charge in [0.25, 0.3) is 5.91 Å². The Balaban J connectivity index is 1.71. The molecule has 1 aliphatic carbocycles. The third kappa shape index (κ3) is 6.88. The average Bonchev–Trinajstić information content (AvgIpc) is 3.07. The number of hydrogen-bond donors (Lipinski definition) is 2. The van der Waals surface area contributed by atoms with Gasteiger partial charge in [0.1, 0.15) is 24.4 Å². The molecule has 2 aliphatic rings. The van der Waals surface area contributed by atoms with Crippen LogP contribution in [0.2, 0.25) is 0 Å². The zero-order valence-corrected chi connectivity index (χ0v) is 28.1. The molecule has 11 nitrogen and oxygen atoms in total. The topological polar surface area (TPSA) is 160 Å². The number of benzene rings is 4. The largest absolute Gasteiger partial charge is 0.545 e. The van der Waals surface area contributed by atoms with Gasteiger partial charge in [-0.2, -0.15) is 8.42 Å². The Kier molecular flexibility index (Phi) is 9.85. The molecule has 0 atom stereocenters. The lowest BCUT2D eigenvalue weighted by molar-refractivity contribution is -0.254. The molecule has 1 amide bonds. The number of carbonyl (C=O) groups is 3. The summed E-state index contributed by atoms with van der Waals surface area (Å²) < 4.78 is 45.2. The highest BCUT2D eigenvalue weighted by molar-refractivity contribution is 7.86. The number of hydrogen-bond acceptors (Lipinski definition) is 8. The van der Waals surface area contributed by atoms with Gasteiger partial charge in [-0.25, -0.2) is 9.37 Å². The molecule has 3 aromatic carbocycles. The molecule has 1 aliphatic heterocycles. The highest BCUT2D eigenvalue weighted by Gasteiger charge is 2.24. The normalized spacial score (nSPS) is 11.4. The lowest BCUT2D eigenvalue weighted by Crippen LogP contribution is -2.29. The Hall–Kier alpha value is -5.56. The van der Waals surface area contributed by atoms with Crippen LogP contribution in [0.5, 0.6) is 0 Å². The van der Waals surface area contributed by atoms with Crippen LogP contribution in [-0.4, -0.2) is 57.5 Å². The zero-order chi connectivity index (χ0) is 35.6. The summed E-state index contributed by atoms with van der Waals surface area (Å²) in [4.78, 5) is 38.9. The highest BCUT2D eigenvalue weighted by atomic mass is 32.3. The Morgan fingerprint density at radius 2 is 1.55 bits per heavy atom. The number of rotatable bonds is 11. The molecular weight excluding hydrogens is 653 g/mol. The van der Waals surface area contributed by atoms with Crippen LogP contribution < -0.4 is 25.3 Å². The van der Waals surface area contributed by atoms with E-state index >= 15 is 0 Å². The molecule has 3 aromatic rings. The van der Waals surface area contributed by atoms with Gasteiger partial charge < -0.3 is 29.6 Å². The van der Waals surface area contributed by atoms with E-state index in [1.54, 1.807) is 0 Å². The predicted molar refractivity (Wildman–Crippen MR) is 182 cm³/mol. The van der Waals surface area contributed by atoms with E-state index in [-0.39, 0.29) is 16.8 Å². The lowest BCUT2D eigenvalue weighted by Gasteiger charge is -2.23. The molecule has 2 N–H and O–H groups in total. The molecule has 0 aromatic heterocycles. The first-order chi connectivity index (χ1) is 23.3. The average molecular weight is 688 g/mol. The minimum atomic E-state index is -5.26. The van der Waals surface area contributed by atoms with Crippen LogP contribution in [0.1, 0.15) is 58.8 Å². The summed E-state index contributed by atoms with van der Waals surface area (Å²) in [5, 5.41) is 26.2. The van der Waals surface area contributed by atoms with Crippen molar-refractivity contribution >= 4 is 50.4 Å². The van der Waals surface area contributed by atoms with Gasteiger partial charge >= 0.3 is 16.2 Å². The molecule has 0 bridgehead atoms. The Morgan fingerprint density at radius 3 is 2.16 bits per heavy atom. The zero-order valence-electron chi connectivity index (χ0n) is 27.2. The Bertz CT molecular complexity index is 2270. The molecule has 13 heteroatoms. The number of halogens is 1. The van der Waals surface area contributed by atoms with Crippen molar-refractivity contribution in [3.8, 4) is 22.5 Å². The van der Waals surface area contributed by atoms with Crippen molar-refractivity contribution in [2.45, 2.75) is 32.6 Å². The van der Waals surface area contributed by atoms with Crippen molar-refractivity contribution < 1.29 is 41.3 Å². The molecular formula is C36H34FN3O8S. The van der Waals surface area contributed by atoms with Gasteiger partial charge in [-0.3, -0.25) is 4.79 Å². The maximum absolute atomic E-state index is 13.7. The van der Waals surface area contributed by atoms with E-state index in [0.717, 1.165) is 55.4 Å². The van der Waals surface area contributed by atoms with Crippen LogP contribution in [0, 0.1) is 0 Å². The van der Waals surface area contributed by atoms with E-state index in [9.17, 15) is 36.9 Å². The molecule has 1 heterocycles. The Labute approximate surface area is 282 Å². The second kappa shape index (κ2) is 13.9. The lowest BCUT2D eigenvalue weighted by atomic mass is 9.90. The Morgan fingerprint density at radius 1 is 0.857 bits per heavy atom. The second-order valence-corrected chi connectivity index (χ2v) is 12.5. The summed E-state index contributed by atoms with van der Waals surface area (Å²) in [6, 6.07) is 17.6. The standard InChI is InChI=1S/C36H34FN3O8S/c1-5-39(6-2)22-10-14-27-31(18-22)48-32-19-23(40(7-3)8-4)11-15-28(32)33(27)25-13-9-21(17-30(25)36(44)45)38-34(41)29-20-24(49(37,46)47)12-16-26(29)35(42)43/h9-20H,5-8H2,1-4H3,(H2,42,43,44,45). The highest BCUT2D eigenvalue weighted by Crippen LogP contribution is 2.42. The third-order valence-corrected chi connectivity index (χ3v) is 9.28. The van der Waals surface area contributed by atoms with Crippen molar-refractivity contribution in [2.75, 3.05) is 36.4 Å². The molecule has 0 unspecified atom stereocenters. The molecule has 254 valence electrons. The molecule has 0 radical (unpaired) electrons. The SMILES string of the molecule is CCN(CC)c1ccc2c(-c3ccc(NC(=O)c4cc(S(=O)(=O)F)ccc4C(=O)O)cc3C(=O)[O-])c3ccc(=[N+](CC)CC)cc-3oc2c1. The summed E-state index contributed by atoms with van der Waals surface area (Å²) in [5.74, 6) is -3.68. The van der Waals surface area contributed by atoms with E-state index in [1.165, 1.54) is 12.1 Å². The van der Waals surface area contributed by atoms with Crippen LogP contribution in [0.3, 0.4) is 0 Å². The number of carbonyl (C=O) groups excluding carboxylic acids is 2. The molecule has 49 heavy (non-hydrogen) atoms. The molecule has 5 rings (SSSR count).